The lowest BCUT2D eigenvalue weighted by molar-refractivity contribution is 0.214. The van der Waals surface area contributed by atoms with Crippen LogP contribution in [0.2, 0.25) is 5.02 Å². The van der Waals surface area contributed by atoms with Crippen LogP contribution in [0, 0.1) is 16.7 Å². The van der Waals surface area contributed by atoms with E-state index in [1.807, 2.05) is 26.8 Å². The Morgan fingerprint density at radius 2 is 2.05 bits per heavy atom. The fourth-order valence-corrected chi connectivity index (χ4v) is 3.75. The third-order valence-electron chi connectivity index (χ3n) is 3.11. The molecule has 0 bridgehead atoms. The summed E-state index contributed by atoms with van der Waals surface area (Å²) in [6.45, 7) is 5.49. The molecule has 0 aromatic heterocycles. The fraction of sp³-hybridized carbons (Fsp3) is 0.500. The summed E-state index contributed by atoms with van der Waals surface area (Å²) in [6.07, 6.45) is 0.283. The highest BCUT2D eigenvalue weighted by atomic mass is 35.5. The zero-order valence-corrected chi connectivity index (χ0v) is 13.8. The third kappa shape index (κ3) is 4.68. The predicted octanol–water partition coefficient (Wildman–Crippen LogP) is 2.29. The van der Waals surface area contributed by atoms with Gasteiger partial charge in [0.2, 0.25) is 10.0 Å². The molecule has 0 saturated carbocycles. The largest absolute Gasteiger partial charge is 0.396 e. The number of nitrogens with zero attached hydrogens (tertiary/aromatic N) is 1. The van der Waals surface area contributed by atoms with Crippen molar-refractivity contribution < 1.29 is 13.5 Å². The number of aliphatic hydroxyl groups excluding tert-OH is 1. The van der Waals surface area contributed by atoms with Crippen molar-refractivity contribution in [2.75, 3.05) is 6.61 Å². The van der Waals surface area contributed by atoms with Crippen molar-refractivity contribution in [2.45, 2.75) is 38.1 Å². The van der Waals surface area contributed by atoms with Crippen LogP contribution in [0.3, 0.4) is 0 Å². The monoisotopic (exact) mass is 330 g/mol. The molecule has 1 aromatic carbocycles. The Kier molecular flexibility index (Phi) is 5.76. The Balaban J connectivity index is 3.23. The molecule has 0 saturated heterocycles. The second-order valence-corrected chi connectivity index (χ2v) is 7.92. The third-order valence-corrected chi connectivity index (χ3v) is 4.86. The Bertz CT molecular complexity index is 645. The topological polar surface area (TPSA) is 90.2 Å². The number of hydrogen-bond acceptors (Lipinski definition) is 4. The molecule has 21 heavy (non-hydrogen) atoms. The number of aliphatic hydroxyl groups is 1. The molecule has 7 heteroatoms. The van der Waals surface area contributed by atoms with E-state index in [2.05, 4.69) is 4.72 Å². The lowest BCUT2D eigenvalue weighted by atomic mass is 9.86. The molecule has 1 aromatic rings. The maximum absolute atomic E-state index is 12.5. The molecule has 116 valence electrons. The molecule has 0 aliphatic heterocycles. The van der Waals surface area contributed by atoms with Crippen molar-refractivity contribution in [3.8, 4) is 6.07 Å². The summed E-state index contributed by atoms with van der Waals surface area (Å²) in [5.74, 6) is 0. The average molecular weight is 331 g/mol. The van der Waals surface area contributed by atoms with Crippen molar-refractivity contribution in [3.05, 3.63) is 28.8 Å². The van der Waals surface area contributed by atoms with E-state index < -0.39 is 16.1 Å². The summed E-state index contributed by atoms with van der Waals surface area (Å²) in [6, 6.07) is 5.47. The van der Waals surface area contributed by atoms with Crippen molar-refractivity contribution in [3.63, 3.8) is 0 Å². The predicted molar refractivity (Wildman–Crippen MR) is 81.4 cm³/mol. The van der Waals surface area contributed by atoms with Gasteiger partial charge >= 0.3 is 0 Å². The molecule has 2 N–H and O–H groups in total. The van der Waals surface area contributed by atoms with E-state index in [0.29, 0.717) is 0 Å². The van der Waals surface area contributed by atoms with E-state index in [-0.39, 0.29) is 33.9 Å². The molecule has 1 rings (SSSR count). The number of nitriles is 1. The molecule has 0 radical (unpaired) electrons. The molecule has 1 atom stereocenters. The number of nitrogens with one attached hydrogen (secondary N) is 1. The Labute approximate surface area is 130 Å². The first-order valence-electron chi connectivity index (χ1n) is 6.44. The highest BCUT2D eigenvalue weighted by molar-refractivity contribution is 7.89. The maximum atomic E-state index is 12.5. The van der Waals surface area contributed by atoms with Crippen molar-refractivity contribution >= 4 is 21.6 Å². The lowest BCUT2D eigenvalue weighted by Crippen LogP contribution is -2.44. The van der Waals surface area contributed by atoms with Crippen LogP contribution < -0.4 is 4.72 Å². The normalized spacial score (nSPS) is 13.7. The van der Waals surface area contributed by atoms with Gasteiger partial charge < -0.3 is 5.11 Å². The highest BCUT2D eigenvalue weighted by Gasteiger charge is 2.30. The second-order valence-electron chi connectivity index (χ2n) is 5.80. The van der Waals surface area contributed by atoms with Gasteiger partial charge in [-0.15, -0.1) is 0 Å². The van der Waals surface area contributed by atoms with Crippen LogP contribution in [0.15, 0.2) is 23.1 Å². The van der Waals surface area contributed by atoms with Crippen LogP contribution >= 0.6 is 11.6 Å². The number of hydrogen-bond donors (Lipinski definition) is 2. The molecule has 0 aliphatic carbocycles. The van der Waals surface area contributed by atoms with Crippen LogP contribution in [0.25, 0.3) is 0 Å². The molecule has 0 amide bonds. The Morgan fingerprint density at radius 1 is 1.43 bits per heavy atom. The standard InChI is InChI=1S/C14H19ClN2O3S/c1-14(2,3)13(6-7-18)17-21(19,20)12-8-11(15)5-4-10(12)9-16/h4-5,8,13,17-18H,6-7H2,1-3H3. The Morgan fingerprint density at radius 3 is 2.52 bits per heavy atom. The molecular formula is C14H19ClN2O3S. The minimum Gasteiger partial charge on any atom is -0.396 e. The first kappa shape index (κ1) is 17.9. The van der Waals surface area contributed by atoms with Gasteiger partial charge in [0.15, 0.2) is 0 Å². The van der Waals surface area contributed by atoms with Gasteiger partial charge in [-0.2, -0.15) is 5.26 Å². The van der Waals surface area contributed by atoms with Gasteiger partial charge in [0.25, 0.3) is 0 Å². The molecule has 0 fully saturated rings. The van der Waals surface area contributed by atoms with E-state index >= 15 is 0 Å². The van der Waals surface area contributed by atoms with Crippen LogP contribution in [-0.2, 0) is 10.0 Å². The zero-order chi connectivity index (χ0) is 16.3. The van der Waals surface area contributed by atoms with Gasteiger partial charge in [-0.05, 0) is 30.0 Å². The van der Waals surface area contributed by atoms with Crippen molar-refractivity contribution in [1.82, 2.24) is 4.72 Å². The summed E-state index contributed by atoms with van der Waals surface area (Å²) < 4.78 is 27.5. The van der Waals surface area contributed by atoms with Crippen LogP contribution in [0.1, 0.15) is 32.8 Å². The van der Waals surface area contributed by atoms with Gasteiger partial charge in [-0.1, -0.05) is 32.4 Å². The summed E-state index contributed by atoms with van der Waals surface area (Å²) in [5.41, 5.74) is -0.343. The van der Waals surface area contributed by atoms with Crippen LogP contribution in [0.4, 0.5) is 0 Å². The summed E-state index contributed by atoms with van der Waals surface area (Å²) in [5, 5.41) is 18.4. The molecule has 0 aliphatic rings. The first-order valence-corrected chi connectivity index (χ1v) is 8.31. The van der Waals surface area contributed by atoms with Gasteiger partial charge in [0.1, 0.15) is 11.0 Å². The molecule has 0 heterocycles. The molecular weight excluding hydrogens is 312 g/mol. The summed E-state index contributed by atoms with van der Waals surface area (Å²) in [7, 11) is -3.90. The highest BCUT2D eigenvalue weighted by Crippen LogP contribution is 2.26. The lowest BCUT2D eigenvalue weighted by Gasteiger charge is -2.31. The molecule has 1 unspecified atom stereocenters. The van der Waals surface area contributed by atoms with Gasteiger partial charge in [0, 0.05) is 17.7 Å². The van der Waals surface area contributed by atoms with Gasteiger partial charge in [0.05, 0.1) is 5.56 Å². The second kappa shape index (κ2) is 6.75. The fourth-order valence-electron chi connectivity index (χ4n) is 1.86. The SMILES string of the molecule is CC(C)(C)C(CCO)NS(=O)(=O)c1cc(Cl)ccc1C#N. The Hall–Kier alpha value is -1.13. The molecule has 0 spiro atoms. The van der Waals surface area contributed by atoms with E-state index in [0.717, 1.165) is 0 Å². The summed E-state index contributed by atoms with van der Waals surface area (Å²) in [4.78, 5) is -0.148. The van der Waals surface area contributed by atoms with Gasteiger partial charge in [-0.3, -0.25) is 0 Å². The number of halogens is 1. The van der Waals surface area contributed by atoms with E-state index in [1.165, 1.54) is 18.2 Å². The average Bonchev–Trinajstić information content (AvgIpc) is 2.37. The quantitative estimate of drug-likeness (QED) is 0.866. The summed E-state index contributed by atoms with van der Waals surface area (Å²) >= 11 is 5.83. The first-order chi connectivity index (χ1) is 9.61. The van der Waals surface area contributed by atoms with Crippen LogP contribution in [-0.4, -0.2) is 26.2 Å². The minimum atomic E-state index is -3.90. The number of rotatable bonds is 5. The van der Waals surface area contributed by atoms with Crippen LogP contribution in [0.5, 0.6) is 0 Å². The van der Waals surface area contributed by atoms with Gasteiger partial charge in [-0.25, -0.2) is 13.1 Å². The van der Waals surface area contributed by atoms with E-state index in [4.69, 9.17) is 22.0 Å². The molecule has 5 nitrogen and oxygen atoms in total. The van der Waals surface area contributed by atoms with Crippen molar-refractivity contribution in [1.29, 1.82) is 5.26 Å². The van der Waals surface area contributed by atoms with E-state index in [1.54, 1.807) is 0 Å². The number of sulfonamides is 1. The smallest absolute Gasteiger partial charge is 0.242 e. The zero-order valence-electron chi connectivity index (χ0n) is 12.2. The maximum Gasteiger partial charge on any atom is 0.242 e. The van der Waals surface area contributed by atoms with E-state index in [9.17, 15) is 8.42 Å². The van der Waals surface area contributed by atoms with Crippen molar-refractivity contribution in [2.24, 2.45) is 5.41 Å². The number of benzene rings is 1. The minimum absolute atomic E-state index is 0.0311.